The number of nitriles is 1. The summed E-state index contributed by atoms with van der Waals surface area (Å²) in [4.78, 5) is 12.4. The second-order valence-corrected chi connectivity index (χ2v) is 5.75. The quantitative estimate of drug-likeness (QED) is 0.661. The van der Waals surface area contributed by atoms with E-state index in [1.807, 2.05) is 50.2 Å². The third kappa shape index (κ3) is 3.75. The molecule has 4 heteroatoms. The molecule has 0 bridgehead atoms. The SMILES string of the molecule is CCc1ccc(NC(=O)/C(C#N)=C\c2cc(C)n(CC)c2C)cc1. The summed E-state index contributed by atoms with van der Waals surface area (Å²) in [6.45, 7) is 9.04. The van der Waals surface area contributed by atoms with Gasteiger partial charge < -0.3 is 9.88 Å². The molecule has 0 aliphatic heterocycles. The molecular formula is C20H23N3O. The van der Waals surface area contributed by atoms with Crippen LogP contribution >= 0.6 is 0 Å². The van der Waals surface area contributed by atoms with Crippen molar-refractivity contribution in [1.82, 2.24) is 4.57 Å². The second-order valence-electron chi connectivity index (χ2n) is 5.75. The number of benzene rings is 1. The van der Waals surface area contributed by atoms with Gasteiger partial charge in [0.05, 0.1) is 0 Å². The molecule has 1 heterocycles. The van der Waals surface area contributed by atoms with Gasteiger partial charge in [-0.15, -0.1) is 0 Å². The topological polar surface area (TPSA) is 57.8 Å². The van der Waals surface area contributed by atoms with E-state index in [9.17, 15) is 10.1 Å². The molecule has 1 aromatic carbocycles. The molecule has 0 atom stereocenters. The van der Waals surface area contributed by atoms with Crippen molar-refractivity contribution >= 4 is 17.7 Å². The number of aromatic nitrogens is 1. The zero-order chi connectivity index (χ0) is 17.7. The van der Waals surface area contributed by atoms with Gasteiger partial charge >= 0.3 is 0 Å². The summed E-state index contributed by atoms with van der Waals surface area (Å²) < 4.78 is 2.15. The number of amides is 1. The first-order valence-electron chi connectivity index (χ1n) is 8.19. The Morgan fingerprint density at radius 1 is 1.25 bits per heavy atom. The van der Waals surface area contributed by atoms with Gasteiger partial charge in [-0.25, -0.2) is 0 Å². The number of rotatable bonds is 5. The highest BCUT2D eigenvalue weighted by Crippen LogP contribution is 2.19. The highest BCUT2D eigenvalue weighted by atomic mass is 16.1. The molecule has 0 spiro atoms. The Kier molecular flexibility index (Phi) is 5.59. The zero-order valence-corrected chi connectivity index (χ0v) is 14.7. The number of carbonyl (C=O) groups is 1. The number of aryl methyl sites for hydroxylation is 2. The number of hydrogen-bond donors (Lipinski definition) is 1. The molecule has 0 radical (unpaired) electrons. The lowest BCUT2D eigenvalue weighted by Crippen LogP contribution is -2.13. The molecule has 0 saturated heterocycles. The number of anilines is 1. The largest absolute Gasteiger partial charge is 0.349 e. The van der Waals surface area contributed by atoms with Gasteiger partial charge in [-0.1, -0.05) is 19.1 Å². The number of nitrogens with zero attached hydrogens (tertiary/aromatic N) is 2. The van der Waals surface area contributed by atoms with E-state index < -0.39 is 0 Å². The van der Waals surface area contributed by atoms with E-state index in [1.165, 1.54) is 5.56 Å². The van der Waals surface area contributed by atoms with Crippen molar-refractivity contribution in [3.8, 4) is 6.07 Å². The molecule has 2 aromatic rings. The van der Waals surface area contributed by atoms with E-state index in [0.717, 1.165) is 29.9 Å². The summed E-state index contributed by atoms with van der Waals surface area (Å²) in [5, 5.41) is 12.1. The molecule has 0 saturated carbocycles. The van der Waals surface area contributed by atoms with Crippen molar-refractivity contribution in [3.63, 3.8) is 0 Å². The first-order valence-corrected chi connectivity index (χ1v) is 8.19. The Bertz CT molecular complexity index is 805. The normalized spacial score (nSPS) is 11.2. The summed E-state index contributed by atoms with van der Waals surface area (Å²) in [7, 11) is 0. The van der Waals surface area contributed by atoms with Crippen LogP contribution in [0.5, 0.6) is 0 Å². The third-order valence-electron chi connectivity index (χ3n) is 4.21. The zero-order valence-electron chi connectivity index (χ0n) is 14.7. The first kappa shape index (κ1) is 17.6. The molecular weight excluding hydrogens is 298 g/mol. The Balaban J connectivity index is 2.24. The van der Waals surface area contributed by atoms with Crippen molar-refractivity contribution in [2.24, 2.45) is 0 Å². The van der Waals surface area contributed by atoms with E-state index in [-0.39, 0.29) is 11.5 Å². The van der Waals surface area contributed by atoms with Crippen molar-refractivity contribution in [3.05, 3.63) is 58.4 Å². The van der Waals surface area contributed by atoms with Gasteiger partial charge in [0.2, 0.25) is 0 Å². The van der Waals surface area contributed by atoms with Gasteiger partial charge in [-0.2, -0.15) is 5.26 Å². The van der Waals surface area contributed by atoms with Gasteiger partial charge in [0, 0.05) is 23.6 Å². The highest BCUT2D eigenvalue weighted by molar-refractivity contribution is 6.09. The summed E-state index contributed by atoms with van der Waals surface area (Å²) in [5.41, 5.74) is 5.08. The van der Waals surface area contributed by atoms with Gasteiger partial charge in [0.25, 0.3) is 5.91 Å². The molecule has 0 aliphatic rings. The molecule has 2 rings (SSSR count). The fourth-order valence-electron chi connectivity index (χ4n) is 2.79. The van der Waals surface area contributed by atoms with E-state index in [4.69, 9.17) is 0 Å². The molecule has 0 aliphatic carbocycles. The summed E-state index contributed by atoms with van der Waals surface area (Å²) in [6.07, 6.45) is 2.61. The molecule has 4 nitrogen and oxygen atoms in total. The molecule has 0 unspecified atom stereocenters. The minimum absolute atomic E-state index is 0.103. The summed E-state index contributed by atoms with van der Waals surface area (Å²) >= 11 is 0. The van der Waals surface area contributed by atoms with Crippen LogP contribution in [0.1, 0.15) is 36.4 Å². The Hall–Kier alpha value is -2.80. The van der Waals surface area contributed by atoms with E-state index in [2.05, 4.69) is 23.7 Å². The molecule has 0 fully saturated rings. The molecule has 1 N–H and O–H groups in total. The lowest BCUT2D eigenvalue weighted by molar-refractivity contribution is -0.112. The first-order chi connectivity index (χ1) is 11.5. The van der Waals surface area contributed by atoms with Crippen molar-refractivity contribution in [2.45, 2.75) is 40.7 Å². The monoisotopic (exact) mass is 321 g/mol. The highest BCUT2D eigenvalue weighted by Gasteiger charge is 2.12. The minimum Gasteiger partial charge on any atom is -0.349 e. The van der Waals surface area contributed by atoms with Gasteiger partial charge in [0.15, 0.2) is 0 Å². The predicted molar refractivity (Wildman–Crippen MR) is 97.6 cm³/mol. The molecule has 1 aromatic heterocycles. The van der Waals surface area contributed by atoms with E-state index in [0.29, 0.717) is 5.69 Å². The van der Waals surface area contributed by atoms with Crippen molar-refractivity contribution in [1.29, 1.82) is 5.26 Å². The Morgan fingerprint density at radius 2 is 1.92 bits per heavy atom. The van der Waals surface area contributed by atoms with E-state index in [1.54, 1.807) is 6.08 Å². The van der Waals surface area contributed by atoms with Gasteiger partial charge in [0.1, 0.15) is 11.6 Å². The van der Waals surface area contributed by atoms with Crippen LogP contribution in [0, 0.1) is 25.2 Å². The maximum Gasteiger partial charge on any atom is 0.266 e. The van der Waals surface area contributed by atoms with Crippen LogP contribution in [-0.2, 0) is 17.8 Å². The third-order valence-corrected chi connectivity index (χ3v) is 4.21. The van der Waals surface area contributed by atoms with Crippen LogP contribution in [0.15, 0.2) is 35.9 Å². The fourth-order valence-corrected chi connectivity index (χ4v) is 2.79. The fraction of sp³-hybridized carbons (Fsp3) is 0.300. The van der Waals surface area contributed by atoms with Crippen LogP contribution in [0.25, 0.3) is 6.08 Å². The lowest BCUT2D eigenvalue weighted by Gasteiger charge is -2.06. The lowest BCUT2D eigenvalue weighted by atomic mass is 10.1. The molecule has 24 heavy (non-hydrogen) atoms. The minimum atomic E-state index is -0.386. The van der Waals surface area contributed by atoms with Crippen LogP contribution in [0.4, 0.5) is 5.69 Å². The van der Waals surface area contributed by atoms with Crippen molar-refractivity contribution in [2.75, 3.05) is 5.32 Å². The standard InChI is InChI=1S/C20H23N3O/c1-5-16-7-9-19(10-8-16)22-20(24)18(13-21)12-17-11-14(3)23(6-2)15(17)4/h7-12H,5-6H2,1-4H3,(H,22,24)/b18-12-. The number of nitrogens with one attached hydrogen (secondary N) is 1. The Morgan fingerprint density at radius 3 is 2.42 bits per heavy atom. The number of hydrogen-bond acceptors (Lipinski definition) is 2. The molecule has 1 amide bonds. The van der Waals surface area contributed by atoms with Crippen LogP contribution in [-0.4, -0.2) is 10.5 Å². The summed E-state index contributed by atoms with van der Waals surface area (Å²) in [5.74, 6) is -0.386. The van der Waals surface area contributed by atoms with Crippen LogP contribution < -0.4 is 5.32 Å². The van der Waals surface area contributed by atoms with E-state index >= 15 is 0 Å². The summed E-state index contributed by atoms with van der Waals surface area (Å²) in [6, 6.07) is 11.7. The predicted octanol–water partition coefficient (Wildman–Crippen LogP) is 4.23. The maximum atomic E-state index is 12.4. The van der Waals surface area contributed by atoms with Gasteiger partial charge in [-0.05, 0) is 62.6 Å². The number of carbonyl (C=O) groups excluding carboxylic acids is 1. The average molecular weight is 321 g/mol. The van der Waals surface area contributed by atoms with Crippen LogP contribution in [0.3, 0.4) is 0 Å². The average Bonchev–Trinajstić information content (AvgIpc) is 2.86. The Labute approximate surface area is 143 Å². The maximum absolute atomic E-state index is 12.4. The smallest absolute Gasteiger partial charge is 0.266 e. The van der Waals surface area contributed by atoms with Gasteiger partial charge in [-0.3, -0.25) is 4.79 Å². The van der Waals surface area contributed by atoms with Crippen molar-refractivity contribution < 1.29 is 4.79 Å². The van der Waals surface area contributed by atoms with Crippen LogP contribution in [0.2, 0.25) is 0 Å². The molecule has 124 valence electrons. The second kappa shape index (κ2) is 7.65.